The first kappa shape index (κ1) is 14.8. The van der Waals surface area contributed by atoms with Crippen molar-refractivity contribution in [1.82, 2.24) is 5.32 Å². The van der Waals surface area contributed by atoms with Gasteiger partial charge in [-0.3, -0.25) is 0 Å². The van der Waals surface area contributed by atoms with E-state index in [1.165, 1.54) is 25.7 Å². The molecule has 0 spiro atoms. The van der Waals surface area contributed by atoms with Crippen LogP contribution in [0.1, 0.15) is 58.8 Å². The molecule has 1 aliphatic rings. The molecule has 1 N–H and O–H groups in total. The lowest BCUT2D eigenvalue weighted by Gasteiger charge is -2.30. The highest BCUT2D eigenvalue weighted by Gasteiger charge is 2.26. The van der Waals surface area contributed by atoms with E-state index in [1.807, 2.05) is 6.92 Å². The van der Waals surface area contributed by atoms with Crippen LogP contribution in [0.3, 0.4) is 0 Å². The maximum absolute atomic E-state index is 12.0. The van der Waals surface area contributed by atoms with Gasteiger partial charge in [-0.1, -0.05) is 19.8 Å². The molecule has 0 bridgehead atoms. The van der Waals surface area contributed by atoms with Crippen LogP contribution in [0.25, 0.3) is 0 Å². The second-order valence-electron chi connectivity index (χ2n) is 5.54. The molecule has 0 heterocycles. The molecule has 3 atom stereocenters. The van der Waals surface area contributed by atoms with E-state index in [0.717, 1.165) is 5.92 Å². The second-order valence-corrected chi connectivity index (χ2v) is 5.54. The average Bonchev–Trinajstić information content (AvgIpc) is 2.15. The number of rotatable bonds is 5. The fraction of sp³-hybridized carbons (Fsp3) is 1.00. The highest BCUT2D eigenvalue weighted by Crippen LogP contribution is 2.25. The van der Waals surface area contributed by atoms with Crippen molar-refractivity contribution in [3.05, 3.63) is 0 Å². The lowest BCUT2D eigenvalue weighted by Crippen LogP contribution is -2.39. The van der Waals surface area contributed by atoms with Crippen LogP contribution in [0, 0.1) is 5.92 Å². The summed E-state index contributed by atoms with van der Waals surface area (Å²) in [7, 11) is 0. The number of nitrogens with one attached hydrogen (secondary N) is 1. The molecule has 1 rings (SSSR count). The van der Waals surface area contributed by atoms with E-state index in [-0.39, 0.29) is 12.5 Å². The minimum absolute atomic E-state index is 0.202. The fourth-order valence-corrected chi connectivity index (χ4v) is 2.68. The lowest BCUT2D eigenvalue weighted by molar-refractivity contribution is -0.135. The van der Waals surface area contributed by atoms with Gasteiger partial charge < -0.3 is 5.32 Å². The molecule has 1 nitrogen and oxygen atoms in total. The van der Waals surface area contributed by atoms with E-state index in [4.69, 9.17) is 0 Å². The summed E-state index contributed by atoms with van der Waals surface area (Å²) < 4.78 is 36.0. The van der Waals surface area contributed by atoms with Gasteiger partial charge in [0.25, 0.3) is 0 Å². The molecule has 17 heavy (non-hydrogen) atoms. The Labute approximate surface area is 102 Å². The molecule has 102 valence electrons. The standard InChI is InChI=1S/C13H24F3N/c1-10-5-3-7-12(9-10)17-11(2)6-4-8-13(14,15)16/h10-12,17H,3-9H2,1-2H3. The van der Waals surface area contributed by atoms with Gasteiger partial charge in [0.15, 0.2) is 0 Å². The third-order valence-corrected chi connectivity index (χ3v) is 3.55. The van der Waals surface area contributed by atoms with Gasteiger partial charge >= 0.3 is 6.18 Å². The zero-order chi connectivity index (χ0) is 12.9. The molecule has 0 aromatic rings. The molecule has 1 fully saturated rings. The molecule has 0 aliphatic heterocycles. The van der Waals surface area contributed by atoms with Gasteiger partial charge in [-0.25, -0.2) is 0 Å². The van der Waals surface area contributed by atoms with Crippen LogP contribution < -0.4 is 5.32 Å². The third kappa shape index (κ3) is 6.92. The van der Waals surface area contributed by atoms with Crippen molar-refractivity contribution in [3.8, 4) is 0 Å². The topological polar surface area (TPSA) is 12.0 Å². The lowest BCUT2D eigenvalue weighted by atomic mass is 9.86. The van der Waals surface area contributed by atoms with Crippen molar-refractivity contribution in [2.24, 2.45) is 5.92 Å². The van der Waals surface area contributed by atoms with Crippen molar-refractivity contribution >= 4 is 0 Å². The Hall–Kier alpha value is -0.250. The van der Waals surface area contributed by atoms with Crippen molar-refractivity contribution < 1.29 is 13.2 Å². The molecule has 0 aromatic carbocycles. The molecular weight excluding hydrogens is 227 g/mol. The van der Waals surface area contributed by atoms with Crippen molar-refractivity contribution in [3.63, 3.8) is 0 Å². The Morgan fingerprint density at radius 3 is 2.59 bits per heavy atom. The Morgan fingerprint density at radius 1 is 1.29 bits per heavy atom. The zero-order valence-corrected chi connectivity index (χ0v) is 10.8. The summed E-state index contributed by atoms with van der Waals surface area (Å²) in [6.07, 6.45) is 1.08. The maximum Gasteiger partial charge on any atom is 0.389 e. The first-order chi connectivity index (χ1) is 7.87. The first-order valence-corrected chi connectivity index (χ1v) is 6.69. The van der Waals surface area contributed by atoms with Crippen LogP contribution in [0.5, 0.6) is 0 Å². The van der Waals surface area contributed by atoms with Gasteiger partial charge in [0.1, 0.15) is 0 Å². The van der Waals surface area contributed by atoms with Crippen LogP contribution in [-0.4, -0.2) is 18.3 Å². The molecule has 1 saturated carbocycles. The van der Waals surface area contributed by atoms with Gasteiger partial charge in [-0.05, 0) is 38.5 Å². The number of hydrogen-bond acceptors (Lipinski definition) is 1. The van der Waals surface area contributed by atoms with Crippen LogP contribution in [0.4, 0.5) is 13.2 Å². The molecule has 0 aromatic heterocycles. The Kier molecular flexibility index (Phi) is 5.77. The molecule has 1 aliphatic carbocycles. The number of halogens is 3. The minimum Gasteiger partial charge on any atom is -0.311 e. The van der Waals surface area contributed by atoms with E-state index >= 15 is 0 Å². The van der Waals surface area contributed by atoms with Crippen LogP contribution in [0.15, 0.2) is 0 Å². The maximum atomic E-state index is 12.0. The Balaban J connectivity index is 2.13. The van der Waals surface area contributed by atoms with Crippen LogP contribution >= 0.6 is 0 Å². The van der Waals surface area contributed by atoms with Crippen molar-refractivity contribution in [2.75, 3.05) is 0 Å². The van der Waals surface area contributed by atoms with Crippen molar-refractivity contribution in [1.29, 1.82) is 0 Å². The smallest absolute Gasteiger partial charge is 0.311 e. The van der Waals surface area contributed by atoms with Gasteiger partial charge in [-0.15, -0.1) is 0 Å². The molecule has 0 radical (unpaired) electrons. The molecule has 3 unspecified atom stereocenters. The highest BCUT2D eigenvalue weighted by atomic mass is 19.4. The Morgan fingerprint density at radius 2 is 2.00 bits per heavy atom. The van der Waals surface area contributed by atoms with E-state index in [1.54, 1.807) is 0 Å². The molecule has 0 saturated heterocycles. The Bertz CT molecular complexity index is 215. The minimum atomic E-state index is -4.00. The number of alkyl halides is 3. The van der Waals surface area contributed by atoms with Gasteiger partial charge in [0.2, 0.25) is 0 Å². The zero-order valence-electron chi connectivity index (χ0n) is 10.8. The predicted molar refractivity (Wildman–Crippen MR) is 63.9 cm³/mol. The fourth-order valence-electron chi connectivity index (χ4n) is 2.68. The van der Waals surface area contributed by atoms with E-state index < -0.39 is 12.6 Å². The normalized spacial score (nSPS) is 28.1. The number of hydrogen-bond donors (Lipinski definition) is 1. The van der Waals surface area contributed by atoms with Gasteiger partial charge in [0.05, 0.1) is 0 Å². The van der Waals surface area contributed by atoms with E-state index in [2.05, 4.69) is 12.2 Å². The average molecular weight is 251 g/mol. The van der Waals surface area contributed by atoms with Crippen LogP contribution in [0.2, 0.25) is 0 Å². The first-order valence-electron chi connectivity index (χ1n) is 6.69. The summed E-state index contributed by atoms with van der Waals surface area (Å²) >= 11 is 0. The predicted octanol–water partition coefficient (Wildman–Crippen LogP) is 4.28. The molecule has 0 amide bonds. The summed E-state index contributed by atoms with van der Waals surface area (Å²) in [5, 5.41) is 3.47. The van der Waals surface area contributed by atoms with E-state index in [0.29, 0.717) is 12.5 Å². The summed E-state index contributed by atoms with van der Waals surface area (Å²) in [5.74, 6) is 0.753. The summed E-state index contributed by atoms with van der Waals surface area (Å²) in [4.78, 5) is 0. The summed E-state index contributed by atoms with van der Waals surface area (Å²) in [6.45, 7) is 4.25. The SMILES string of the molecule is CC1CCCC(NC(C)CCCC(F)(F)F)C1. The second kappa shape index (κ2) is 6.62. The van der Waals surface area contributed by atoms with Crippen LogP contribution in [-0.2, 0) is 0 Å². The van der Waals surface area contributed by atoms with Gasteiger partial charge in [0, 0.05) is 18.5 Å². The monoisotopic (exact) mass is 251 g/mol. The summed E-state index contributed by atoms with van der Waals surface area (Å²) in [5.41, 5.74) is 0. The largest absolute Gasteiger partial charge is 0.389 e. The van der Waals surface area contributed by atoms with Gasteiger partial charge in [-0.2, -0.15) is 13.2 Å². The van der Waals surface area contributed by atoms with E-state index in [9.17, 15) is 13.2 Å². The quantitative estimate of drug-likeness (QED) is 0.769. The molecule has 4 heteroatoms. The third-order valence-electron chi connectivity index (χ3n) is 3.55. The van der Waals surface area contributed by atoms with Crippen molar-refractivity contribution in [2.45, 2.75) is 77.1 Å². The highest BCUT2D eigenvalue weighted by molar-refractivity contribution is 4.78. The molecular formula is C13H24F3N. The summed E-state index contributed by atoms with van der Waals surface area (Å²) in [6, 6.07) is 0.715.